The van der Waals surface area contributed by atoms with Crippen molar-refractivity contribution in [3.05, 3.63) is 29.3 Å². The third-order valence-electron chi connectivity index (χ3n) is 4.55. The first kappa shape index (κ1) is 16.4. The average Bonchev–Trinajstić information content (AvgIpc) is 2.94. The Morgan fingerprint density at radius 3 is 2.43 bits per heavy atom. The van der Waals surface area contributed by atoms with Gasteiger partial charge in [0.1, 0.15) is 0 Å². The van der Waals surface area contributed by atoms with E-state index in [4.69, 9.17) is 0 Å². The number of rotatable bonds is 7. The predicted octanol–water partition coefficient (Wildman–Crippen LogP) is 3.88. The summed E-state index contributed by atoms with van der Waals surface area (Å²) >= 11 is 0. The SMILES string of the molecule is CCc1cccc(CC)c1N1CCC(CNCC(C)C)C1. The highest BCUT2D eigenvalue weighted by Crippen LogP contribution is 2.31. The first-order valence-corrected chi connectivity index (χ1v) is 8.72. The molecular formula is C19H32N2. The lowest BCUT2D eigenvalue weighted by Crippen LogP contribution is -2.29. The second-order valence-corrected chi connectivity index (χ2v) is 6.78. The Morgan fingerprint density at radius 2 is 1.86 bits per heavy atom. The number of benzene rings is 1. The Labute approximate surface area is 130 Å². The maximum absolute atomic E-state index is 3.63. The van der Waals surface area contributed by atoms with Crippen LogP contribution in [0, 0.1) is 11.8 Å². The van der Waals surface area contributed by atoms with Crippen molar-refractivity contribution in [1.29, 1.82) is 0 Å². The molecule has 2 rings (SSSR count). The minimum absolute atomic E-state index is 0.745. The molecule has 1 saturated heterocycles. The molecule has 0 saturated carbocycles. The van der Waals surface area contributed by atoms with Gasteiger partial charge in [0.15, 0.2) is 0 Å². The number of nitrogens with zero attached hydrogens (tertiary/aromatic N) is 1. The molecule has 0 spiro atoms. The molecule has 118 valence electrons. The van der Waals surface area contributed by atoms with Gasteiger partial charge in [-0.3, -0.25) is 0 Å². The molecule has 1 aliphatic rings. The normalized spacial score (nSPS) is 18.7. The quantitative estimate of drug-likeness (QED) is 0.819. The molecule has 1 aromatic carbocycles. The van der Waals surface area contributed by atoms with Crippen LogP contribution in [0.5, 0.6) is 0 Å². The Morgan fingerprint density at radius 1 is 1.19 bits per heavy atom. The van der Waals surface area contributed by atoms with Gasteiger partial charge in [0.25, 0.3) is 0 Å². The summed E-state index contributed by atoms with van der Waals surface area (Å²) in [6.07, 6.45) is 3.60. The van der Waals surface area contributed by atoms with Crippen molar-refractivity contribution in [3.63, 3.8) is 0 Å². The van der Waals surface area contributed by atoms with E-state index in [0.29, 0.717) is 0 Å². The standard InChI is InChI=1S/C19H32N2/c1-5-17-8-7-9-18(6-2)19(17)21-11-10-16(14-21)13-20-12-15(3)4/h7-9,15-16,20H,5-6,10-14H2,1-4H3. The van der Waals surface area contributed by atoms with E-state index in [1.807, 2.05) is 0 Å². The second kappa shape index (κ2) is 7.84. The molecular weight excluding hydrogens is 256 g/mol. The van der Waals surface area contributed by atoms with Gasteiger partial charge in [-0.15, -0.1) is 0 Å². The molecule has 0 radical (unpaired) electrons. The third-order valence-corrected chi connectivity index (χ3v) is 4.55. The number of para-hydroxylation sites is 1. The van der Waals surface area contributed by atoms with Gasteiger partial charge in [-0.05, 0) is 55.3 Å². The monoisotopic (exact) mass is 288 g/mol. The summed E-state index contributed by atoms with van der Waals surface area (Å²) in [5.41, 5.74) is 4.57. The average molecular weight is 288 g/mol. The van der Waals surface area contributed by atoms with Gasteiger partial charge in [-0.2, -0.15) is 0 Å². The molecule has 1 unspecified atom stereocenters. The van der Waals surface area contributed by atoms with Crippen LogP contribution in [0.3, 0.4) is 0 Å². The van der Waals surface area contributed by atoms with Crippen LogP contribution in [-0.4, -0.2) is 26.2 Å². The zero-order valence-corrected chi connectivity index (χ0v) is 14.3. The van der Waals surface area contributed by atoms with Crippen molar-refractivity contribution < 1.29 is 0 Å². The number of nitrogens with one attached hydrogen (secondary N) is 1. The fourth-order valence-corrected chi connectivity index (χ4v) is 3.40. The summed E-state index contributed by atoms with van der Waals surface area (Å²) in [7, 11) is 0. The van der Waals surface area contributed by atoms with Crippen LogP contribution in [0.2, 0.25) is 0 Å². The third kappa shape index (κ3) is 4.23. The van der Waals surface area contributed by atoms with Gasteiger partial charge < -0.3 is 10.2 Å². The summed E-state index contributed by atoms with van der Waals surface area (Å²) in [6, 6.07) is 6.83. The smallest absolute Gasteiger partial charge is 0.0431 e. The van der Waals surface area contributed by atoms with E-state index in [0.717, 1.165) is 31.2 Å². The molecule has 2 heteroatoms. The topological polar surface area (TPSA) is 15.3 Å². The largest absolute Gasteiger partial charge is 0.371 e. The minimum atomic E-state index is 0.745. The van der Waals surface area contributed by atoms with E-state index >= 15 is 0 Å². The first-order chi connectivity index (χ1) is 10.2. The lowest BCUT2D eigenvalue weighted by atomic mass is 10.0. The number of aryl methyl sites for hydroxylation is 2. The van der Waals surface area contributed by atoms with Gasteiger partial charge in [0, 0.05) is 18.8 Å². The van der Waals surface area contributed by atoms with Crippen LogP contribution < -0.4 is 10.2 Å². The van der Waals surface area contributed by atoms with E-state index in [1.165, 1.54) is 42.9 Å². The molecule has 0 aromatic heterocycles. The molecule has 1 N–H and O–H groups in total. The molecule has 0 bridgehead atoms. The summed E-state index contributed by atoms with van der Waals surface area (Å²) in [5, 5.41) is 3.63. The van der Waals surface area contributed by atoms with E-state index in [2.05, 4.69) is 56.1 Å². The Balaban J connectivity index is 2.01. The fourth-order valence-electron chi connectivity index (χ4n) is 3.40. The summed E-state index contributed by atoms with van der Waals surface area (Å²) in [4.78, 5) is 2.64. The van der Waals surface area contributed by atoms with Crippen molar-refractivity contribution in [3.8, 4) is 0 Å². The van der Waals surface area contributed by atoms with Gasteiger partial charge in [-0.1, -0.05) is 45.9 Å². The molecule has 21 heavy (non-hydrogen) atoms. The van der Waals surface area contributed by atoms with Gasteiger partial charge in [0.2, 0.25) is 0 Å². The van der Waals surface area contributed by atoms with Crippen LogP contribution >= 0.6 is 0 Å². The zero-order valence-electron chi connectivity index (χ0n) is 14.3. The van der Waals surface area contributed by atoms with E-state index in [-0.39, 0.29) is 0 Å². The van der Waals surface area contributed by atoms with Gasteiger partial charge in [0.05, 0.1) is 0 Å². The maximum Gasteiger partial charge on any atom is 0.0431 e. The second-order valence-electron chi connectivity index (χ2n) is 6.78. The fraction of sp³-hybridized carbons (Fsp3) is 0.684. The minimum Gasteiger partial charge on any atom is -0.371 e. The maximum atomic E-state index is 3.63. The number of hydrogen-bond donors (Lipinski definition) is 1. The molecule has 0 amide bonds. The number of hydrogen-bond acceptors (Lipinski definition) is 2. The zero-order chi connectivity index (χ0) is 15.2. The van der Waals surface area contributed by atoms with Gasteiger partial charge in [-0.25, -0.2) is 0 Å². The highest BCUT2D eigenvalue weighted by molar-refractivity contribution is 5.60. The molecule has 1 fully saturated rings. The van der Waals surface area contributed by atoms with Crippen molar-refractivity contribution in [2.75, 3.05) is 31.1 Å². The van der Waals surface area contributed by atoms with Crippen LogP contribution in [0.1, 0.15) is 45.2 Å². The molecule has 1 atom stereocenters. The Bertz CT molecular complexity index is 417. The highest BCUT2D eigenvalue weighted by Gasteiger charge is 2.25. The highest BCUT2D eigenvalue weighted by atomic mass is 15.2. The van der Waals surface area contributed by atoms with Crippen LogP contribution in [0.15, 0.2) is 18.2 Å². The lowest BCUT2D eigenvalue weighted by molar-refractivity contribution is 0.477. The molecule has 0 aliphatic carbocycles. The predicted molar refractivity (Wildman–Crippen MR) is 93.2 cm³/mol. The summed E-state index contributed by atoms with van der Waals surface area (Å²) in [5.74, 6) is 1.55. The summed E-state index contributed by atoms with van der Waals surface area (Å²) in [6.45, 7) is 13.9. The van der Waals surface area contributed by atoms with Gasteiger partial charge >= 0.3 is 0 Å². The van der Waals surface area contributed by atoms with Crippen molar-refractivity contribution in [2.45, 2.75) is 47.0 Å². The Hall–Kier alpha value is -1.02. The van der Waals surface area contributed by atoms with E-state index in [1.54, 1.807) is 0 Å². The number of anilines is 1. The van der Waals surface area contributed by atoms with Crippen LogP contribution in [0.4, 0.5) is 5.69 Å². The Kier molecular flexibility index (Phi) is 6.10. The summed E-state index contributed by atoms with van der Waals surface area (Å²) < 4.78 is 0. The van der Waals surface area contributed by atoms with E-state index < -0.39 is 0 Å². The molecule has 2 nitrogen and oxygen atoms in total. The van der Waals surface area contributed by atoms with E-state index in [9.17, 15) is 0 Å². The van der Waals surface area contributed by atoms with Crippen LogP contribution in [0.25, 0.3) is 0 Å². The molecule has 1 aromatic rings. The molecule has 1 heterocycles. The van der Waals surface area contributed by atoms with Crippen LogP contribution in [-0.2, 0) is 12.8 Å². The van der Waals surface area contributed by atoms with Crippen molar-refractivity contribution in [2.24, 2.45) is 11.8 Å². The van der Waals surface area contributed by atoms with Crippen molar-refractivity contribution in [1.82, 2.24) is 5.32 Å². The lowest BCUT2D eigenvalue weighted by Gasteiger charge is -2.25. The van der Waals surface area contributed by atoms with Crippen molar-refractivity contribution >= 4 is 5.69 Å². The first-order valence-electron chi connectivity index (χ1n) is 8.72. The molecule has 1 aliphatic heterocycles.